The summed E-state index contributed by atoms with van der Waals surface area (Å²) in [6.07, 6.45) is 0.962. The van der Waals surface area contributed by atoms with E-state index in [1.807, 2.05) is 18.8 Å². The van der Waals surface area contributed by atoms with E-state index < -0.39 is 25.2 Å². The molecular formula is C8H11ClN2O4S. The fourth-order valence-corrected chi connectivity index (χ4v) is 2.05. The molecule has 8 heteroatoms. The van der Waals surface area contributed by atoms with Gasteiger partial charge in [-0.3, -0.25) is 14.3 Å². The van der Waals surface area contributed by atoms with Crippen LogP contribution in [0.1, 0.15) is 13.8 Å². The Morgan fingerprint density at radius 3 is 2.44 bits per heavy atom. The van der Waals surface area contributed by atoms with Crippen molar-refractivity contribution in [3.05, 3.63) is 27.0 Å². The van der Waals surface area contributed by atoms with Gasteiger partial charge in [-0.1, -0.05) is 13.8 Å². The number of hydrogen-bond acceptors (Lipinski definition) is 4. The van der Waals surface area contributed by atoms with Crippen LogP contribution in [0.5, 0.6) is 0 Å². The van der Waals surface area contributed by atoms with Gasteiger partial charge in [-0.2, -0.15) is 0 Å². The van der Waals surface area contributed by atoms with Crippen LogP contribution in [0.4, 0.5) is 0 Å². The van der Waals surface area contributed by atoms with E-state index in [4.69, 9.17) is 10.7 Å². The zero-order chi connectivity index (χ0) is 12.5. The van der Waals surface area contributed by atoms with Crippen LogP contribution in [-0.2, 0) is 15.6 Å². The number of nitrogens with one attached hydrogen (secondary N) is 1. The van der Waals surface area contributed by atoms with Crippen LogP contribution in [0, 0.1) is 5.92 Å². The maximum Gasteiger partial charge on any atom is 0.328 e. The van der Waals surface area contributed by atoms with Gasteiger partial charge in [0.1, 0.15) is 0 Å². The predicted molar refractivity (Wildman–Crippen MR) is 59.2 cm³/mol. The molecule has 0 amide bonds. The van der Waals surface area contributed by atoms with Crippen LogP contribution in [0.15, 0.2) is 20.7 Å². The Bertz CT molecular complexity index is 599. The molecule has 0 atom stereocenters. The van der Waals surface area contributed by atoms with Crippen LogP contribution in [-0.4, -0.2) is 18.0 Å². The van der Waals surface area contributed by atoms with Crippen molar-refractivity contribution in [3.63, 3.8) is 0 Å². The predicted octanol–water partition coefficient (Wildman–Crippen LogP) is 0.120. The van der Waals surface area contributed by atoms with Gasteiger partial charge < -0.3 is 0 Å². The van der Waals surface area contributed by atoms with Crippen molar-refractivity contribution in [2.45, 2.75) is 25.3 Å². The third-order valence-corrected chi connectivity index (χ3v) is 3.12. The van der Waals surface area contributed by atoms with Crippen molar-refractivity contribution in [1.82, 2.24) is 9.55 Å². The molecule has 1 aromatic heterocycles. The van der Waals surface area contributed by atoms with E-state index in [-0.39, 0.29) is 5.92 Å². The Labute approximate surface area is 96.3 Å². The van der Waals surface area contributed by atoms with Gasteiger partial charge >= 0.3 is 5.69 Å². The molecule has 16 heavy (non-hydrogen) atoms. The summed E-state index contributed by atoms with van der Waals surface area (Å²) in [7, 11) is 0.922. The van der Waals surface area contributed by atoms with Crippen LogP contribution in [0.3, 0.4) is 0 Å². The maximum absolute atomic E-state index is 11.3. The molecule has 1 N–H and O–H groups in total. The minimum Gasteiger partial charge on any atom is -0.299 e. The Hall–Kier alpha value is -1.08. The highest BCUT2D eigenvalue weighted by Gasteiger charge is 2.17. The lowest BCUT2D eigenvalue weighted by Crippen LogP contribution is -2.33. The zero-order valence-electron chi connectivity index (χ0n) is 8.73. The van der Waals surface area contributed by atoms with Crippen LogP contribution in [0.25, 0.3) is 0 Å². The maximum atomic E-state index is 11.3. The average Bonchev–Trinajstić information content (AvgIpc) is 2.06. The van der Waals surface area contributed by atoms with Crippen LogP contribution < -0.4 is 11.2 Å². The van der Waals surface area contributed by atoms with Crippen molar-refractivity contribution in [3.8, 4) is 0 Å². The molecule has 0 saturated carbocycles. The summed E-state index contributed by atoms with van der Waals surface area (Å²) < 4.78 is 23.2. The smallest absolute Gasteiger partial charge is 0.299 e. The lowest BCUT2D eigenvalue weighted by molar-refractivity contribution is 0.495. The van der Waals surface area contributed by atoms with Gasteiger partial charge in [0.2, 0.25) is 0 Å². The molecule has 0 radical (unpaired) electrons. The summed E-state index contributed by atoms with van der Waals surface area (Å²) in [6.45, 7) is 4.01. The fourth-order valence-electron chi connectivity index (χ4n) is 1.19. The van der Waals surface area contributed by atoms with E-state index in [0.717, 1.165) is 10.8 Å². The third kappa shape index (κ3) is 2.96. The third-order valence-electron chi connectivity index (χ3n) is 1.80. The molecule has 0 aliphatic carbocycles. The van der Waals surface area contributed by atoms with Gasteiger partial charge in [0.05, 0.1) is 0 Å². The first kappa shape index (κ1) is 13.0. The number of rotatable bonds is 3. The standard InChI is InChI=1S/C8H11ClN2O4S/c1-5(2)3-11-4-6(16(9,14)15)7(12)10-8(11)13/h4-5H,3H2,1-2H3,(H,10,12,13). The lowest BCUT2D eigenvalue weighted by atomic mass is 10.2. The molecule has 0 aromatic carbocycles. The van der Waals surface area contributed by atoms with E-state index in [9.17, 15) is 18.0 Å². The highest BCUT2D eigenvalue weighted by atomic mass is 35.7. The highest BCUT2D eigenvalue weighted by molar-refractivity contribution is 8.13. The number of halogens is 1. The number of H-pyrrole nitrogens is 1. The topological polar surface area (TPSA) is 89.0 Å². The second-order valence-corrected chi connectivity index (χ2v) is 6.27. The van der Waals surface area contributed by atoms with Gasteiger partial charge in [-0.15, -0.1) is 0 Å². The second kappa shape index (κ2) is 4.42. The molecule has 0 bridgehead atoms. The van der Waals surface area contributed by atoms with E-state index in [1.54, 1.807) is 0 Å². The monoisotopic (exact) mass is 266 g/mol. The van der Waals surface area contributed by atoms with Crippen molar-refractivity contribution in [2.24, 2.45) is 5.92 Å². The Morgan fingerprint density at radius 1 is 1.44 bits per heavy atom. The fraction of sp³-hybridized carbons (Fsp3) is 0.500. The first-order valence-corrected chi connectivity index (χ1v) is 6.81. The molecule has 6 nitrogen and oxygen atoms in total. The van der Waals surface area contributed by atoms with Gasteiger partial charge in [0, 0.05) is 23.4 Å². The number of hydrogen-bond donors (Lipinski definition) is 1. The largest absolute Gasteiger partial charge is 0.328 e. The second-order valence-electron chi connectivity index (χ2n) is 3.74. The molecular weight excluding hydrogens is 256 g/mol. The molecule has 1 rings (SSSR count). The molecule has 90 valence electrons. The Kier molecular flexibility index (Phi) is 3.59. The first-order valence-electron chi connectivity index (χ1n) is 4.50. The molecule has 1 aromatic rings. The van der Waals surface area contributed by atoms with Crippen molar-refractivity contribution >= 4 is 19.7 Å². The number of nitrogens with zero attached hydrogens (tertiary/aromatic N) is 1. The summed E-state index contributed by atoms with van der Waals surface area (Å²) in [6, 6.07) is 0. The quantitative estimate of drug-likeness (QED) is 0.787. The lowest BCUT2D eigenvalue weighted by Gasteiger charge is -2.08. The minimum absolute atomic E-state index is 0.134. The van der Waals surface area contributed by atoms with Crippen molar-refractivity contribution in [2.75, 3.05) is 0 Å². The van der Waals surface area contributed by atoms with E-state index >= 15 is 0 Å². The summed E-state index contributed by atoms with van der Waals surface area (Å²) in [4.78, 5) is 23.8. The van der Waals surface area contributed by atoms with Crippen molar-refractivity contribution in [1.29, 1.82) is 0 Å². The van der Waals surface area contributed by atoms with Crippen molar-refractivity contribution < 1.29 is 8.42 Å². The summed E-state index contributed by atoms with van der Waals surface area (Å²) in [5.41, 5.74) is -1.65. The SMILES string of the molecule is CC(C)Cn1cc(S(=O)(=O)Cl)c(=O)[nH]c1=O. The van der Waals surface area contributed by atoms with Gasteiger partial charge in [0.15, 0.2) is 4.90 Å². The minimum atomic E-state index is -4.14. The number of aromatic nitrogens is 2. The molecule has 0 aliphatic heterocycles. The average molecular weight is 267 g/mol. The molecule has 0 aliphatic rings. The number of aromatic amines is 1. The van der Waals surface area contributed by atoms with Gasteiger partial charge in [0.25, 0.3) is 14.6 Å². The summed E-state index contributed by atoms with van der Waals surface area (Å²) in [5, 5.41) is 0. The van der Waals surface area contributed by atoms with E-state index in [1.165, 1.54) is 0 Å². The molecule has 0 unspecified atom stereocenters. The summed E-state index contributed by atoms with van der Waals surface area (Å²) >= 11 is 0. The Morgan fingerprint density at radius 2 is 2.00 bits per heavy atom. The van der Waals surface area contributed by atoms with E-state index in [2.05, 4.69) is 0 Å². The molecule has 0 saturated heterocycles. The summed E-state index contributed by atoms with van der Waals surface area (Å²) in [5.74, 6) is 0.134. The first-order chi connectivity index (χ1) is 7.21. The van der Waals surface area contributed by atoms with Gasteiger partial charge in [-0.05, 0) is 5.92 Å². The Balaban J connectivity index is 3.45. The molecule has 0 spiro atoms. The highest BCUT2D eigenvalue weighted by Crippen LogP contribution is 2.08. The van der Waals surface area contributed by atoms with Crippen LogP contribution in [0.2, 0.25) is 0 Å². The molecule has 0 fully saturated rings. The van der Waals surface area contributed by atoms with Gasteiger partial charge in [-0.25, -0.2) is 13.2 Å². The van der Waals surface area contributed by atoms with Crippen LogP contribution >= 0.6 is 10.7 Å². The molecule has 1 heterocycles. The normalized spacial score (nSPS) is 12.0. The zero-order valence-corrected chi connectivity index (χ0v) is 10.3. The van der Waals surface area contributed by atoms with E-state index in [0.29, 0.717) is 6.54 Å².